The molecule has 0 spiro atoms. The number of alkyl halides is 1. The summed E-state index contributed by atoms with van der Waals surface area (Å²) >= 11 is 3.60. The van der Waals surface area contributed by atoms with E-state index in [4.69, 9.17) is 0 Å². The summed E-state index contributed by atoms with van der Waals surface area (Å²) in [5, 5.41) is 0.948. The first-order valence-corrected chi connectivity index (χ1v) is 9.29. The van der Waals surface area contributed by atoms with Crippen molar-refractivity contribution in [2.75, 3.05) is 11.9 Å². The lowest BCUT2D eigenvalue weighted by molar-refractivity contribution is -0.134. The van der Waals surface area contributed by atoms with Crippen molar-refractivity contribution in [3.05, 3.63) is 0 Å². The standard InChI is InChI=1S/C16H28BrNO/c17-13-15-10-6-3-7-11-18(15)16(19)12-14-8-4-1-2-5-9-14/h14-15H,1-13H2. The second-order valence-corrected chi connectivity index (χ2v) is 6.95. The molecule has 0 aromatic rings. The third-order valence-corrected chi connectivity index (χ3v) is 5.56. The Labute approximate surface area is 126 Å². The van der Waals surface area contributed by atoms with Gasteiger partial charge in [0.2, 0.25) is 5.91 Å². The zero-order valence-corrected chi connectivity index (χ0v) is 13.7. The summed E-state index contributed by atoms with van der Waals surface area (Å²) in [7, 11) is 0. The van der Waals surface area contributed by atoms with Crippen LogP contribution in [0, 0.1) is 5.92 Å². The first-order chi connectivity index (χ1) is 9.31. The summed E-state index contributed by atoms with van der Waals surface area (Å²) in [6.07, 6.45) is 13.7. The van der Waals surface area contributed by atoms with Crippen LogP contribution >= 0.6 is 15.9 Å². The minimum Gasteiger partial charge on any atom is -0.339 e. The minimum absolute atomic E-state index is 0.429. The van der Waals surface area contributed by atoms with E-state index in [0.29, 0.717) is 17.9 Å². The van der Waals surface area contributed by atoms with Crippen molar-refractivity contribution < 1.29 is 4.79 Å². The number of likely N-dealkylation sites (tertiary alicyclic amines) is 1. The number of carbonyl (C=O) groups is 1. The molecule has 0 N–H and O–H groups in total. The Morgan fingerprint density at radius 1 is 0.947 bits per heavy atom. The van der Waals surface area contributed by atoms with Crippen LogP contribution in [0.4, 0.5) is 0 Å². The maximum atomic E-state index is 12.6. The summed E-state index contributed by atoms with van der Waals surface area (Å²) < 4.78 is 0. The van der Waals surface area contributed by atoms with Gasteiger partial charge in [0.05, 0.1) is 0 Å². The lowest BCUT2D eigenvalue weighted by Gasteiger charge is -2.30. The van der Waals surface area contributed by atoms with Gasteiger partial charge in [0.15, 0.2) is 0 Å². The molecule has 0 radical (unpaired) electrons. The molecule has 3 heteroatoms. The zero-order valence-electron chi connectivity index (χ0n) is 12.1. The molecule has 1 aliphatic heterocycles. The Balaban J connectivity index is 1.88. The highest BCUT2D eigenvalue weighted by molar-refractivity contribution is 9.09. The van der Waals surface area contributed by atoms with Gasteiger partial charge in [-0.05, 0) is 31.6 Å². The molecule has 1 aliphatic carbocycles. The van der Waals surface area contributed by atoms with Crippen LogP contribution in [0.25, 0.3) is 0 Å². The van der Waals surface area contributed by atoms with Gasteiger partial charge < -0.3 is 4.90 Å². The largest absolute Gasteiger partial charge is 0.339 e. The molecule has 1 amide bonds. The molecule has 1 unspecified atom stereocenters. The second-order valence-electron chi connectivity index (χ2n) is 6.31. The molecule has 1 saturated carbocycles. The summed E-state index contributed by atoms with van der Waals surface area (Å²) in [5.41, 5.74) is 0. The second kappa shape index (κ2) is 8.28. The van der Waals surface area contributed by atoms with Gasteiger partial charge in [-0.25, -0.2) is 0 Å². The van der Waals surface area contributed by atoms with Crippen LogP contribution in [0.3, 0.4) is 0 Å². The summed E-state index contributed by atoms with van der Waals surface area (Å²) in [5.74, 6) is 1.09. The Morgan fingerprint density at radius 2 is 1.58 bits per heavy atom. The molecule has 2 nitrogen and oxygen atoms in total. The minimum atomic E-state index is 0.429. The van der Waals surface area contributed by atoms with Gasteiger partial charge in [0, 0.05) is 24.3 Å². The average Bonchev–Trinajstić information content (AvgIpc) is 2.80. The van der Waals surface area contributed by atoms with Gasteiger partial charge >= 0.3 is 0 Å². The molecular weight excluding hydrogens is 302 g/mol. The number of halogens is 1. The number of nitrogens with zero attached hydrogens (tertiary/aromatic N) is 1. The zero-order chi connectivity index (χ0) is 13.5. The molecule has 2 rings (SSSR count). The monoisotopic (exact) mass is 329 g/mol. The van der Waals surface area contributed by atoms with Gasteiger partial charge in [-0.1, -0.05) is 54.5 Å². The van der Waals surface area contributed by atoms with Crippen molar-refractivity contribution in [2.45, 2.75) is 76.7 Å². The van der Waals surface area contributed by atoms with Crippen molar-refractivity contribution in [2.24, 2.45) is 5.92 Å². The van der Waals surface area contributed by atoms with E-state index in [0.717, 1.165) is 18.3 Å². The number of hydrogen-bond acceptors (Lipinski definition) is 1. The molecule has 1 atom stereocenters. The van der Waals surface area contributed by atoms with Crippen LogP contribution in [0.5, 0.6) is 0 Å². The van der Waals surface area contributed by atoms with E-state index in [1.807, 2.05) is 0 Å². The molecule has 110 valence electrons. The predicted molar refractivity (Wildman–Crippen MR) is 83.6 cm³/mol. The van der Waals surface area contributed by atoms with Crippen LogP contribution in [-0.4, -0.2) is 28.7 Å². The van der Waals surface area contributed by atoms with E-state index in [1.165, 1.54) is 64.2 Å². The predicted octanol–water partition coefficient (Wildman–Crippen LogP) is 4.51. The third-order valence-electron chi connectivity index (χ3n) is 4.81. The van der Waals surface area contributed by atoms with Crippen LogP contribution in [0.1, 0.15) is 70.6 Å². The van der Waals surface area contributed by atoms with Gasteiger partial charge in [-0.15, -0.1) is 0 Å². The van der Waals surface area contributed by atoms with Crippen molar-refractivity contribution in [1.29, 1.82) is 0 Å². The molecular formula is C16H28BrNO. The maximum Gasteiger partial charge on any atom is 0.223 e. The van der Waals surface area contributed by atoms with Crippen molar-refractivity contribution in [3.8, 4) is 0 Å². The smallest absolute Gasteiger partial charge is 0.223 e. The van der Waals surface area contributed by atoms with Gasteiger partial charge in [-0.2, -0.15) is 0 Å². The Bertz CT molecular complexity index is 274. The molecule has 0 aromatic heterocycles. The van der Waals surface area contributed by atoms with E-state index in [-0.39, 0.29) is 0 Å². The van der Waals surface area contributed by atoms with Gasteiger partial charge in [0.1, 0.15) is 0 Å². The van der Waals surface area contributed by atoms with E-state index in [1.54, 1.807) is 0 Å². The van der Waals surface area contributed by atoms with Crippen molar-refractivity contribution >= 4 is 21.8 Å². The van der Waals surface area contributed by atoms with Crippen molar-refractivity contribution in [3.63, 3.8) is 0 Å². The van der Waals surface area contributed by atoms with Crippen LogP contribution < -0.4 is 0 Å². The van der Waals surface area contributed by atoms with Gasteiger partial charge in [0.25, 0.3) is 0 Å². The maximum absolute atomic E-state index is 12.6. The third kappa shape index (κ3) is 4.77. The normalized spacial score (nSPS) is 26.8. The molecule has 19 heavy (non-hydrogen) atoms. The highest BCUT2D eigenvalue weighted by Gasteiger charge is 2.26. The molecule has 0 aromatic carbocycles. The van der Waals surface area contributed by atoms with E-state index >= 15 is 0 Å². The highest BCUT2D eigenvalue weighted by Crippen LogP contribution is 2.27. The Morgan fingerprint density at radius 3 is 2.26 bits per heavy atom. The molecule has 1 saturated heterocycles. The van der Waals surface area contributed by atoms with Crippen LogP contribution in [-0.2, 0) is 4.79 Å². The molecule has 0 bridgehead atoms. The van der Waals surface area contributed by atoms with E-state index < -0.39 is 0 Å². The van der Waals surface area contributed by atoms with E-state index in [9.17, 15) is 4.79 Å². The Kier molecular flexibility index (Phi) is 6.69. The lowest BCUT2D eigenvalue weighted by atomic mass is 9.95. The number of amides is 1. The quantitative estimate of drug-likeness (QED) is 0.551. The average molecular weight is 330 g/mol. The van der Waals surface area contributed by atoms with Gasteiger partial charge in [-0.3, -0.25) is 4.79 Å². The Hall–Kier alpha value is -0.0500. The first kappa shape index (κ1) is 15.3. The molecule has 2 aliphatic rings. The number of hydrogen-bond donors (Lipinski definition) is 0. The molecule has 1 heterocycles. The number of rotatable bonds is 3. The highest BCUT2D eigenvalue weighted by atomic mass is 79.9. The van der Waals surface area contributed by atoms with Crippen LogP contribution in [0.15, 0.2) is 0 Å². The van der Waals surface area contributed by atoms with Crippen LogP contribution in [0.2, 0.25) is 0 Å². The topological polar surface area (TPSA) is 20.3 Å². The molecule has 2 fully saturated rings. The fraction of sp³-hybridized carbons (Fsp3) is 0.938. The number of carbonyl (C=O) groups excluding carboxylic acids is 1. The fourth-order valence-corrected chi connectivity index (χ4v) is 4.27. The summed E-state index contributed by atoms with van der Waals surface area (Å²) in [6.45, 7) is 0.988. The van der Waals surface area contributed by atoms with E-state index in [2.05, 4.69) is 20.8 Å². The lowest BCUT2D eigenvalue weighted by Crippen LogP contribution is -2.41. The fourth-order valence-electron chi connectivity index (χ4n) is 3.60. The summed E-state index contributed by atoms with van der Waals surface area (Å²) in [4.78, 5) is 14.8. The summed E-state index contributed by atoms with van der Waals surface area (Å²) in [6, 6.07) is 0.445. The first-order valence-electron chi connectivity index (χ1n) is 8.16. The SMILES string of the molecule is O=C(CC1CCCCCC1)N1CCCCCC1CBr. The van der Waals surface area contributed by atoms with Crippen molar-refractivity contribution in [1.82, 2.24) is 4.90 Å².